The van der Waals surface area contributed by atoms with Crippen LogP contribution in [0.2, 0.25) is 0 Å². The first-order valence-corrected chi connectivity index (χ1v) is 7.09. The molecule has 1 rings (SSSR count). The second-order valence-corrected chi connectivity index (χ2v) is 5.68. The van der Waals surface area contributed by atoms with E-state index in [1.165, 1.54) is 25.3 Å². The van der Waals surface area contributed by atoms with Crippen molar-refractivity contribution in [1.29, 1.82) is 0 Å². The molecule has 1 amide bonds. The summed E-state index contributed by atoms with van der Waals surface area (Å²) in [6, 6.07) is 4.14. The minimum absolute atomic E-state index is 0.0892. The van der Waals surface area contributed by atoms with E-state index in [1.54, 1.807) is 0 Å². The van der Waals surface area contributed by atoms with E-state index >= 15 is 0 Å². The van der Waals surface area contributed by atoms with E-state index in [4.69, 9.17) is 4.74 Å². The van der Waals surface area contributed by atoms with Crippen molar-refractivity contribution >= 4 is 27.5 Å². The normalized spacial score (nSPS) is 11.0. The molecule has 110 valence electrons. The lowest BCUT2D eigenvalue weighted by Gasteiger charge is -2.21. The Morgan fingerprint density at radius 3 is 2.65 bits per heavy atom. The Morgan fingerprint density at radius 2 is 2.15 bits per heavy atom. The Morgan fingerprint density at radius 1 is 1.50 bits per heavy atom. The number of alkyl halides is 1. The second-order valence-electron chi connectivity index (χ2n) is 5.12. The fraction of sp³-hybridized carbons (Fsp3) is 0.462. The number of nitrogens with zero attached hydrogens (tertiary/aromatic N) is 1. The van der Waals surface area contributed by atoms with E-state index in [1.807, 2.05) is 13.8 Å². The van der Waals surface area contributed by atoms with Gasteiger partial charge in [-0.25, -0.2) is 0 Å². The molecule has 0 radical (unpaired) electrons. The number of ether oxygens (including phenoxy) is 1. The first-order valence-electron chi connectivity index (χ1n) is 5.97. The van der Waals surface area contributed by atoms with E-state index in [0.717, 1.165) is 5.33 Å². The Balaban J connectivity index is 2.89. The highest BCUT2D eigenvalue weighted by atomic mass is 79.9. The van der Waals surface area contributed by atoms with Gasteiger partial charge < -0.3 is 10.1 Å². The van der Waals surface area contributed by atoms with Crippen molar-refractivity contribution in [2.24, 2.45) is 5.41 Å². The molecule has 0 saturated heterocycles. The number of carbonyl (C=O) groups excluding carboxylic acids is 1. The molecule has 0 bridgehead atoms. The number of carbonyl (C=O) groups is 1. The van der Waals surface area contributed by atoms with Gasteiger partial charge in [0.05, 0.1) is 12.0 Å². The molecule has 0 aliphatic heterocycles. The molecule has 0 aromatic heterocycles. The first kappa shape index (κ1) is 16.4. The molecule has 0 atom stereocenters. The summed E-state index contributed by atoms with van der Waals surface area (Å²) in [6.07, 6.45) is 0. The summed E-state index contributed by atoms with van der Waals surface area (Å²) in [5.74, 6) is -0.211. The number of methoxy groups -OCH3 is 1. The number of nitro benzene ring substituents is 1. The maximum atomic E-state index is 12.0. The van der Waals surface area contributed by atoms with Crippen LogP contribution in [0.25, 0.3) is 0 Å². The van der Waals surface area contributed by atoms with Gasteiger partial charge in [0.25, 0.3) is 5.91 Å². The predicted octanol–water partition coefficient (Wildman–Crippen LogP) is 2.75. The van der Waals surface area contributed by atoms with E-state index in [9.17, 15) is 14.9 Å². The SMILES string of the molecule is COc1ccc(C(=O)NCC(C)(C)CBr)cc1[N+](=O)[O-]. The Bertz CT molecular complexity index is 517. The van der Waals surface area contributed by atoms with E-state index in [-0.39, 0.29) is 28.3 Å². The zero-order valence-electron chi connectivity index (χ0n) is 11.6. The molecule has 1 N–H and O–H groups in total. The summed E-state index contributed by atoms with van der Waals surface area (Å²) in [4.78, 5) is 22.3. The molecule has 7 heteroatoms. The van der Waals surface area contributed by atoms with Crippen LogP contribution in [0.1, 0.15) is 24.2 Å². The van der Waals surface area contributed by atoms with Gasteiger partial charge >= 0.3 is 5.69 Å². The highest BCUT2D eigenvalue weighted by Crippen LogP contribution is 2.27. The molecule has 1 aromatic rings. The molecule has 0 fully saturated rings. The van der Waals surface area contributed by atoms with Gasteiger partial charge in [0, 0.05) is 23.5 Å². The zero-order chi connectivity index (χ0) is 15.3. The van der Waals surface area contributed by atoms with Gasteiger partial charge in [-0.05, 0) is 17.5 Å². The lowest BCUT2D eigenvalue weighted by molar-refractivity contribution is -0.385. The zero-order valence-corrected chi connectivity index (χ0v) is 13.2. The number of hydrogen-bond donors (Lipinski definition) is 1. The molecule has 0 spiro atoms. The van der Waals surface area contributed by atoms with Crippen molar-refractivity contribution in [2.75, 3.05) is 19.0 Å². The molecule has 1 aromatic carbocycles. The predicted molar refractivity (Wildman–Crippen MR) is 79.6 cm³/mol. The van der Waals surface area contributed by atoms with Gasteiger partial charge in [-0.15, -0.1) is 0 Å². The molecule has 0 saturated carbocycles. The molecular weight excluding hydrogens is 328 g/mol. The van der Waals surface area contributed by atoms with Gasteiger partial charge in [0.1, 0.15) is 0 Å². The maximum absolute atomic E-state index is 12.0. The van der Waals surface area contributed by atoms with Crippen molar-refractivity contribution < 1.29 is 14.5 Å². The van der Waals surface area contributed by atoms with Gasteiger partial charge in [-0.2, -0.15) is 0 Å². The van der Waals surface area contributed by atoms with Crippen LogP contribution in [0.5, 0.6) is 5.75 Å². The first-order chi connectivity index (χ1) is 9.30. The van der Waals surface area contributed by atoms with Crippen LogP contribution in [0.4, 0.5) is 5.69 Å². The largest absolute Gasteiger partial charge is 0.490 e. The number of amides is 1. The number of nitro groups is 1. The summed E-state index contributed by atoms with van der Waals surface area (Å²) in [6.45, 7) is 4.47. The Kier molecular flexibility index (Phi) is 5.50. The van der Waals surface area contributed by atoms with Gasteiger partial charge in [0.2, 0.25) is 0 Å². The maximum Gasteiger partial charge on any atom is 0.311 e. The highest BCUT2D eigenvalue weighted by Gasteiger charge is 2.20. The molecule has 0 aliphatic carbocycles. The van der Waals surface area contributed by atoms with Gasteiger partial charge in [-0.3, -0.25) is 14.9 Å². The fourth-order valence-corrected chi connectivity index (χ4v) is 1.64. The standard InChI is InChI=1S/C13H17BrN2O4/c1-13(2,7-14)8-15-12(17)9-4-5-11(20-3)10(6-9)16(18)19/h4-6H,7-8H2,1-3H3,(H,15,17). The van der Waals surface area contributed by atoms with Crippen LogP contribution in [0.3, 0.4) is 0 Å². The summed E-state index contributed by atoms with van der Waals surface area (Å²) in [7, 11) is 1.35. The third-order valence-electron chi connectivity index (χ3n) is 2.73. The lowest BCUT2D eigenvalue weighted by atomic mass is 9.97. The fourth-order valence-electron chi connectivity index (χ4n) is 1.44. The van der Waals surface area contributed by atoms with Gasteiger partial charge in [0.15, 0.2) is 5.75 Å². The number of hydrogen-bond acceptors (Lipinski definition) is 4. The summed E-state index contributed by atoms with van der Waals surface area (Å²) in [5, 5.41) is 14.4. The lowest BCUT2D eigenvalue weighted by Crippen LogP contribution is -2.34. The van der Waals surface area contributed by atoms with Crippen molar-refractivity contribution in [3.63, 3.8) is 0 Å². The Hall–Kier alpha value is -1.63. The van der Waals surface area contributed by atoms with Crippen LogP contribution in [0.15, 0.2) is 18.2 Å². The second kappa shape index (κ2) is 6.69. The van der Waals surface area contributed by atoms with Crippen molar-refractivity contribution in [3.8, 4) is 5.75 Å². The number of nitrogens with one attached hydrogen (secondary N) is 1. The third kappa shape index (κ3) is 4.19. The average molecular weight is 345 g/mol. The minimum Gasteiger partial charge on any atom is -0.490 e. The smallest absolute Gasteiger partial charge is 0.311 e. The Labute approximate surface area is 125 Å². The topological polar surface area (TPSA) is 81.5 Å². The van der Waals surface area contributed by atoms with E-state index in [0.29, 0.717) is 6.54 Å². The molecule has 6 nitrogen and oxygen atoms in total. The van der Waals surface area contributed by atoms with E-state index < -0.39 is 4.92 Å². The quantitative estimate of drug-likeness (QED) is 0.488. The number of rotatable bonds is 6. The average Bonchev–Trinajstić information content (AvgIpc) is 2.44. The van der Waals surface area contributed by atoms with Crippen LogP contribution in [0, 0.1) is 15.5 Å². The van der Waals surface area contributed by atoms with Gasteiger partial charge in [-0.1, -0.05) is 29.8 Å². The highest BCUT2D eigenvalue weighted by molar-refractivity contribution is 9.09. The monoisotopic (exact) mass is 344 g/mol. The van der Waals surface area contributed by atoms with Crippen molar-refractivity contribution in [2.45, 2.75) is 13.8 Å². The number of benzene rings is 1. The van der Waals surface area contributed by atoms with Crippen LogP contribution in [-0.2, 0) is 0 Å². The molecular formula is C13H17BrN2O4. The number of halogens is 1. The van der Waals surface area contributed by atoms with Crippen molar-refractivity contribution in [1.82, 2.24) is 5.32 Å². The van der Waals surface area contributed by atoms with Crippen LogP contribution >= 0.6 is 15.9 Å². The summed E-state index contributed by atoms with van der Waals surface area (Å²) in [5.41, 5.74) is -0.0728. The molecule has 0 unspecified atom stereocenters. The van der Waals surface area contributed by atoms with Crippen LogP contribution in [-0.4, -0.2) is 29.8 Å². The minimum atomic E-state index is -0.571. The third-order valence-corrected chi connectivity index (χ3v) is 4.24. The molecule has 0 aliphatic rings. The van der Waals surface area contributed by atoms with Crippen LogP contribution < -0.4 is 10.1 Å². The molecule has 20 heavy (non-hydrogen) atoms. The van der Waals surface area contributed by atoms with Crippen molar-refractivity contribution in [3.05, 3.63) is 33.9 Å². The molecule has 0 heterocycles. The summed E-state index contributed by atoms with van der Waals surface area (Å²) >= 11 is 3.37. The summed E-state index contributed by atoms with van der Waals surface area (Å²) < 4.78 is 4.89. The van der Waals surface area contributed by atoms with E-state index in [2.05, 4.69) is 21.2 Å².